The van der Waals surface area contributed by atoms with Gasteiger partial charge in [-0.3, -0.25) is 4.79 Å². The molecule has 0 radical (unpaired) electrons. The lowest BCUT2D eigenvalue weighted by Crippen LogP contribution is -2.27. The summed E-state index contributed by atoms with van der Waals surface area (Å²) in [7, 11) is 1.82. The van der Waals surface area contributed by atoms with E-state index in [4.69, 9.17) is 11.6 Å². The molecule has 0 N–H and O–H groups in total. The first-order valence-corrected chi connectivity index (χ1v) is 7.89. The van der Waals surface area contributed by atoms with Crippen LogP contribution < -0.4 is 0 Å². The highest BCUT2D eigenvalue weighted by Crippen LogP contribution is 2.14. The first kappa shape index (κ1) is 15.6. The summed E-state index contributed by atoms with van der Waals surface area (Å²) in [4.78, 5) is 18.4. The van der Waals surface area contributed by atoms with E-state index in [1.807, 2.05) is 60.1 Å². The summed E-state index contributed by atoms with van der Waals surface area (Å²) in [5, 5.41) is 0.703. The maximum Gasteiger partial charge on any atom is 0.224 e. The van der Waals surface area contributed by atoms with Crippen LogP contribution in [0.1, 0.15) is 12.0 Å². The van der Waals surface area contributed by atoms with E-state index >= 15 is 0 Å². The summed E-state index contributed by atoms with van der Waals surface area (Å²) in [6, 6.07) is 15.5. The molecule has 0 unspecified atom stereocenters. The molecule has 0 aliphatic carbocycles. The van der Waals surface area contributed by atoms with Crippen LogP contribution in [-0.2, 0) is 17.9 Å². The van der Waals surface area contributed by atoms with E-state index < -0.39 is 0 Å². The van der Waals surface area contributed by atoms with Crippen molar-refractivity contribution in [1.82, 2.24) is 14.5 Å². The minimum Gasteiger partial charge on any atom is -0.341 e. The Balaban J connectivity index is 1.59. The van der Waals surface area contributed by atoms with Gasteiger partial charge in [0.1, 0.15) is 0 Å². The van der Waals surface area contributed by atoms with Crippen molar-refractivity contribution in [2.75, 3.05) is 7.05 Å². The molecule has 1 heterocycles. The third-order valence-electron chi connectivity index (χ3n) is 3.85. The van der Waals surface area contributed by atoms with Crippen molar-refractivity contribution in [3.8, 4) is 0 Å². The monoisotopic (exact) mass is 327 g/mol. The van der Waals surface area contributed by atoms with Gasteiger partial charge in [-0.2, -0.15) is 0 Å². The SMILES string of the molecule is CN(Cc1ccc(Cl)cc1)C(=O)CCn1cnc2ccccc21. The second kappa shape index (κ2) is 6.84. The largest absolute Gasteiger partial charge is 0.341 e. The van der Waals surface area contributed by atoms with Gasteiger partial charge in [-0.1, -0.05) is 35.9 Å². The first-order chi connectivity index (χ1) is 11.1. The van der Waals surface area contributed by atoms with Crippen LogP contribution in [0.5, 0.6) is 0 Å². The number of benzene rings is 2. The maximum atomic E-state index is 12.3. The van der Waals surface area contributed by atoms with E-state index in [0.29, 0.717) is 24.5 Å². The Morgan fingerprint density at radius 1 is 1.17 bits per heavy atom. The number of carbonyl (C=O) groups is 1. The predicted molar refractivity (Wildman–Crippen MR) is 92.3 cm³/mol. The molecule has 118 valence electrons. The molecule has 0 saturated carbocycles. The number of amides is 1. The lowest BCUT2D eigenvalue weighted by molar-refractivity contribution is -0.130. The van der Waals surface area contributed by atoms with Gasteiger partial charge in [0.15, 0.2) is 0 Å². The topological polar surface area (TPSA) is 38.1 Å². The average Bonchev–Trinajstić information content (AvgIpc) is 2.98. The molecular formula is C18H18ClN3O. The summed E-state index contributed by atoms with van der Waals surface area (Å²) in [5.74, 6) is 0.109. The number of halogens is 1. The Bertz CT molecular complexity index is 811. The molecule has 0 bridgehead atoms. The molecule has 2 aromatic carbocycles. The quantitative estimate of drug-likeness (QED) is 0.716. The van der Waals surface area contributed by atoms with E-state index in [2.05, 4.69) is 4.98 Å². The van der Waals surface area contributed by atoms with Crippen LogP contribution in [0, 0.1) is 0 Å². The minimum absolute atomic E-state index is 0.109. The Labute approximate surface area is 140 Å². The van der Waals surface area contributed by atoms with Crippen molar-refractivity contribution >= 4 is 28.5 Å². The molecule has 3 aromatic rings. The first-order valence-electron chi connectivity index (χ1n) is 7.52. The van der Waals surface area contributed by atoms with E-state index in [9.17, 15) is 4.79 Å². The van der Waals surface area contributed by atoms with Gasteiger partial charge >= 0.3 is 0 Å². The number of rotatable bonds is 5. The number of hydrogen-bond acceptors (Lipinski definition) is 2. The van der Waals surface area contributed by atoms with Crippen molar-refractivity contribution < 1.29 is 4.79 Å². The zero-order valence-corrected chi connectivity index (χ0v) is 13.7. The fourth-order valence-corrected chi connectivity index (χ4v) is 2.67. The standard InChI is InChI=1S/C18H18ClN3O/c1-21(12-14-6-8-15(19)9-7-14)18(23)10-11-22-13-20-16-4-2-3-5-17(16)22/h2-9,13H,10-12H2,1H3. The van der Waals surface area contributed by atoms with Gasteiger partial charge in [-0.05, 0) is 29.8 Å². The number of aryl methyl sites for hydroxylation is 1. The Morgan fingerprint density at radius 3 is 2.70 bits per heavy atom. The molecule has 0 aliphatic heterocycles. The molecule has 1 amide bonds. The molecule has 3 rings (SSSR count). The molecule has 5 heteroatoms. The second-order valence-electron chi connectivity index (χ2n) is 5.55. The summed E-state index contributed by atoms with van der Waals surface area (Å²) in [6.07, 6.45) is 2.24. The van der Waals surface area contributed by atoms with Gasteiger partial charge in [0.25, 0.3) is 0 Å². The molecular weight excluding hydrogens is 310 g/mol. The smallest absolute Gasteiger partial charge is 0.224 e. The normalized spacial score (nSPS) is 10.9. The van der Waals surface area contributed by atoms with Crippen molar-refractivity contribution in [2.45, 2.75) is 19.5 Å². The summed E-state index contributed by atoms with van der Waals surface area (Å²) in [5.41, 5.74) is 3.08. The lowest BCUT2D eigenvalue weighted by Gasteiger charge is -2.17. The zero-order valence-electron chi connectivity index (χ0n) is 12.9. The third-order valence-corrected chi connectivity index (χ3v) is 4.10. The van der Waals surface area contributed by atoms with Crippen molar-refractivity contribution in [2.24, 2.45) is 0 Å². The molecule has 0 aliphatic rings. The number of nitrogens with zero attached hydrogens (tertiary/aromatic N) is 3. The van der Waals surface area contributed by atoms with Gasteiger partial charge in [-0.15, -0.1) is 0 Å². The maximum absolute atomic E-state index is 12.3. The molecule has 23 heavy (non-hydrogen) atoms. The number of fused-ring (bicyclic) bond motifs is 1. The van der Waals surface area contributed by atoms with Gasteiger partial charge < -0.3 is 9.47 Å². The zero-order chi connectivity index (χ0) is 16.2. The number of carbonyl (C=O) groups excluding carboxylic acids is 1. The summed E-state index contributed by atoms with van der Waals surface area (Å²) in [6.45, 7) is 1.21. The summed E-state index contributed by atoms with van der Waals surface area (Å²) < 4.78 is 2.02. The van der Waals surface area contributed by atoms with Crippen LogP contribution in [0.25, 0.3) is 11.0 Å². The van der Waals surface area contributed by atoms with Crippen molar-refractivity contribution in [3.05, 3.63) is 65.4 Å². The molecule has 0 saturated heterocycles. The van der Waals surface area contributed by atoms with Gasteiger partial charge in [0.2, 0.25) is 5.91 Å². The van der Waals surface area contributed by atoms with E-state index in [1.165, 1.54) is 0 Å². The van der Waals surface area contributed by atoms with E-state index in [0.717, 1.165) is 16.6 Å². The Hall–Kier alpha value is -2.33. The molecule has 0 fully saturated rings. The molecule has 0 atom stereocenters. The Kier molecular flexibility index (Phi) is 4.63. The van der Waals surface area contributed by atoms with Crippen molar-refractivity contribution in [3.63, 3.8) is 0 Å². The number of para-hydroxylation sites is 2. The highest BCUT2D eigenvalue weighted by Gasteiger charge is 2.10. The Morgan fingerprint density at radius 2 is 1.91 bits per heavy atom. The fraction of sp³-hybridized carbons (Fsp3) is 0.222. The van der Waals surface area contributed by atoms with Crippen molar-refractivity contribution in [1.29, 1.82) is 0 Å². The molecule has 0 spiro atoms. The van der Waals surface area contributed by atoms with Gasteiger partial charge in [-0.25, -0.2) is 4.98 Å². The molecule has 1 aromatic heterocycles. The number of imidazole rings is 1. The van der Waals surface area contributed by atoms with Crippen LogP contribution in [0.3, 0.4) is 0 Å². The fourth-order valence-electron chi connectivity index (χ4n) is 2.55. The minimum atomic E-state index is 0.109. The van der Waals surface area contributed by atoms with Crippen LogP contribution in [0.2, 0.25) is 5.02 Å². The lowest BCUT2D eigenvalue weighted by atomic mass is 10.2. The average molecular weight is 328 g/mol. The third kappa shape index (κ3) is 3.71. The van der Waals surface area contributed by atoms with Crippen LogP contribution in [0.15, 0.2) is 54.9 Å². The van der Waals surface area contributed by atoms with E-state index in [1.54, 1.807) is 11.2 Å². The number of aromatic nitrogens is 2. The second-order valence-corrected chi connectivity index (χ2v) is 5.99. The predicted octanol–water partition coefficient (Wildman–Crippen LogP) is 3.74. The van der Waals surface area contributed by atoms with Crippen LogP contribution >= 0.6 is 11.6 Å². The molecule has 4 nitrogen and oxygen atoms in total. The van der Waals surface area contributed by atoms with Crippen LogP contribution in [-0.4, -0.2) is 27.4 Å². The highest BCUT2D eigenvalue weighted by molar-refractivity contribution is 6.30. The van der Waals surface area contributed by atoms with Gasteiger partial charge in [0.05, 0.1) is 17.4 Å². The summed E-state index contributed by atoms with van der Waals surface area (Å²) >= 11 is 5.88. The van der Waals surface area contributed by atoms with E-state index in [-0.39, 0.29) is 5.91 Å². The van der Waals surface area contributed by atoms with Crippen LogP contribution in [0.4, 0.5) is 0 Å². The highest BCUT2D eigenvalue weighted by atomic mass is 35.5. The number of hydrogen-bond donors (Lipinski definition) is 0. The van der Waals surface area contributed by atoms with Gasteiger partial charge in [0, 0.05) is 31.6 Å².